The Morgan fingerprint density at radius 3 is 2.63 bits per heavy atom. The van der Waals surface area contributed by atoms with Crippen LogP contribution in [0.2, 0.25) is 0 Å². The Morgan fingerprint density at radius 1 is 1.21 bits per heavy atom. The molecule has 0 amide bonds. The number of carbonyl (C=O) groups is 1. The van der Waals surface area contributed by atoms with Gasteiger partial charge in [0.25, 0.3) is 0 Å². The lowest BCUT2D eigenvalue weighted by Crippen LogP contribution is -2.15. The van der Waals surface area contributed by atoms with Gasteiger partial charge in [0, 0.05) is 16.0 Å². The van der Waals surface area contributed by atoms with Crippen LogP contribution in [0.5, 0.6) is 11.5 Å². The fourth-order valence-electron chi connectivity index (χ4n) is 2.01. The van der Waals surface area contributed by atoms with E-state index < -0.39 is 0 Å². The van der Waals surface area contributed by atoms with Crippen LogP contribution >= 0.6 is 27.3 Å². The van der Waals surface area contributed by atoms with Crippen LogP contribution in [0.4, 0.5) is 0 Å². The van der Waals surface area contributed by atoms with Crippen molar-refractivity contribution in [2.75, 3.05) is 13.2 Å². The molecule has 2 heterocycles. The number of fused-ring (bicyclic) bond motifs is 1. The van der Waals surface area contributed by atoms with Gasteiger partial charge >= 0.3 is 0 Å². The average molecular weight is 339 g/mol. The molecule has 1 aliphatic heterocycles. The Labute approximate surface area is 123 Å². The normalized spacial score (nSPS) is 13.4. The van der Waals surface area contributed by atoms with Gasteiger partial charge < -0.3 is 9.47 Å². The van der Waals surface area contributed by atoms with Crippen molar-refractivity contribution in [3.05, 3.63) is 44.1 Å². The number of benzene rings is 1. The van der Waals surface area contributed by atoms with Gasteiger partial charge in [0.1, 0.15) is 13.2 Å². The van der Waals surface area contributed by atoms with Crippen molar-refractivity contribution in [3.63, 3.8) is 0 Å². The fraction of sp³-hybridized carbons (Fsp3) is 0.214. The molecule has 0 spiro atoms. The topological polar surface area (TPSA) is 35.5 Å². The van der Waals surface area contributed by atoms with Gasteiger partial charge in [-0.25, -0.2) is 0 Å². The number of ether oxygens (including phenoxy) is 2. The molecule has 98 valence electrons. The first-order chi connectivity index (χ1) is 9.15. The van der Waals surface area contributed by atoms with Crippen LogP contribution in [0.15, 0.2) is 28.1 Å². The van der Waals surface area contributed by atoms with E-state index in [1.807, 2.05) is 13.0 Å². The van der Waals surface area contributed by atoms with Crippen molar-refractivity contribution in [2.45, 2.75) is 6.92 Å². The zero-order chi connectivity index (χ0) is 13.4. The predicted octanol–water partition coefficient (Wildman–Crippen LogP) is 3.82. The molecule has 3 rings (SSSR count). The van der Waals surface area contributed by atoms with Crippen LogP contribution in [0.3, 0.4) is 0 Å². The van der Waals surface area contributed by atoms with E-state index in [-0.39, 0.29) is 5.78 Å². The van der Waals surface area contributed by atoms with E-state index in [0.717, 1.165) is 14.2 Å². The third-order valence-corrected chi connectivity index (χ3v) is 4.49. The molecule has 0 atom stereocenters. The van der Waals surface area contributed by atoms with Crippen LogP contribution < -0.4 is 9.47 Å². The summed E-state index contributed by atoms with van der Waals surface area (Å²) in [5, 5.41) is 0. The molecule has 0 saturated heterocycles. The Kier molecular flexibility index (Phi) is 3.33. The number of halogens is 1. The van der Waals surface area contributed by atoms with Gasteiger partial charge in [0.05, 0.1) is 3.79 Å². The highest BCUT2D eigenvalue weighted by atomic mass is 79.9. The average Bonchev–Trinajstić information content (AvgIpc) is 2.76. The molecule has 0 radical (unpaired) electrons. The van der Waals surface area contributed by atoms with Gasteiger partial charge in [-0.05, 0) is 47.1 Å². The summed E-state index contributed by atoms with van der Waals surface area (Å²) in [6.07, 6.45) is 0. The Hall–Kier alpha value is -1.33. The fourth-order valence-corrected chi connectivity index (χ4v) is 3.70. The molecule has 19 heavy (non-hydrogen) atoms. The number of hydrogen-bond donors (Lipinski definition) is 0. The van der Waals surface area contributed by atoms with Gasteiger partial charge in [-0.2, -0.15) is 0 Å². The van der Waals surface area contributed by atoms with E-state index in [2.05, 4.69) is 15.9 Å². The zero-order valence-corrected chi connectivity index (χ0v) is 12.6. The summed E-state index contributed by atoms with van der Waals surface area (Å²) < 4.78 is 11.9. The van der Waals surface area contributed by atoms with Crippen LogP contribution in [0.1, 0.15) is 20.8 Å². The highest BCUT2D eigenvalue weighted by Crippen LogP contribution is 2.33. The summed E-state index contributed by atoms with van der Waals surface area (Å²) in [5.41, 5.74) is 1.35. The van der Waals surface area contributed by atoms with E-state index in [1.165, 1.54) is 0 Å². The molecule has 3 nitrogen and oxygen atoms in total. The molecule has 1 aromatic heterocycles. The summed E-state index contributed by atoms with van der Waals surface area (Å²) in [5.74, 6) is 1.35. The number of ketones is 1. The van der Waals surface area contributed by atoms with Gasteiger partial charge in [-0.3, -0.25) is 4.79 Å². The number of rotatable bonds is 2. The third-order valence-electron chi connectivity index (χ3n) is 2.94. The maximum atomic E-state index is 12.5. The molecule has 0 fully saturated rings. The molecule has 0 unspecified atom stereocenters. The second-order valence-corrected chi connectivity index (χ2v) is 6.84. The number of carbonyl (C=O) groups excluding carboxylic acids is 1. The number of hydrogen-bond acceptors (Lipinski definition) is 4. The van der Waals surface area contributed by atoms with Crippen molar-refractivity contribution in [2.24, 2.45) is 0 Å². The van der Waals surface area contributed by atoms with Gasteiger partial charge in [-0.1, -0.05) is 0 Å². The van der Waals surface area contributed by atoms with E-state index >= 15 is 0 Å². The second kappa shape index (κ2) is 4.98. The van der Waals surface area contributed by atoms with Crippen molar-refractivity contribution in [3.8, 4) is 11.5 Å². The summed E-state index contributed by atoms with van der Waals surface area (Å²) in [6, 6.07) is 7.18. The molecule has 0 bridgehead atoms. The molecule has 0 saturated carbocycles. The van der Waals surface area contributed by atoms with Crippen LogP contribution in [0.25, 0.3) is 0 Å². The molecular weight excluding hydrogens is 328 g/mol. The monoisotopic (exact) mass is 338 g/mol. The van der Waals surface area contributed by atoms with Crippen molar-refractivity contribution < 1.29 is 14.3 Å². The molecule has 0 aliphatic carbocycles. The van der Waals surface area contributed by atoms with Gasteiger partial charge in [0.15, 0.2) is 17.3 Å². The Balaban J connectivity index is 1.98. The first kappa shape index (κ1) is 12.7. The van der Waals surface area contributed by atoms with Crippen LogP contribution in [-0.4, -0.2) is 19.0 Å². The highest BCUT2D eigenvalue weighted by molar-refractivity contribution is 9.11. The summed E-state index contributed by atoms with van der Waals surface area (Å²) >= 11 is 4.97. The highest BCUT2D eigenvalue weighted by Gasteiger charge is 2.18. The van der Waals surface area contributed by atoms with Gasteiger partial charge in [0.2, 0.25) is 0 Å². The maximum absolute atomic E-state index is 12.5. The third kappa shape index (κ3) is 2.40. The van der Waals surface area contributed by atoms with Crippen LogP contribution in [0, 0.1) is 6.92 Å². The van der Waals surface area contributed by atoms with E-state index in [1.54, 1.807) is 29.5 Å². The standard InChI is InChI=1S/C14H11BrO3S/c1-8-10(7-13(15)19-8)14(16)9-2-3-11-12(6-9)18-5-4-17-11/h2-3,6-7H,4-5H2,1H3. The SMILES string of the molecule is Cc1sc(Br)cc1C(=O)c1ccc2c(c1)OCCO2. The summed E-state index contributed by atoms with van der Waals surface area (Å²) in [6.45, 7) is 3.02. The summed E-state index contributed by atoms with van der Waals surface area (Å²) in [4.78, 5) is 13.5. The molecule has 1 aliphatic rings. The molecule has 5 heteroatoms. The number of thiophene rings is 1. The second-order valence-electron chi connectivity index (χ2n) is 4.21. The molecule has 1 aromatic carbocycles. The first-order valence-electron chi connectivity index (χ1n) is 5.85. The summed E-state index contributed by atoms with van der Waals surface area (Å²) in [7, 11) is 0. The lowest BCUT2D eigenvalue weighted by molar-refractivity contribution is 0.103. The van der Waals surface area contributed by atoms with E-state index in [0.29, 0.717) is 30.3 Å². The zero-order valence-electron chi connectivity index (χ0n) is 10.2. The largest absolute Gasteiger partial charge is 0.486 e. The van der Waals surface area contributed by atoms with Gasteiger partial charge in [-0.15, -0.1) is 11.3 Å². The van der Waals surface area contributed by atoms with Crippen molar-refractivity contribution in [1.82, 2.24) is 0 Å². The smallest absolute Gasteiger partial charge is 0.194 e. The minimum absolute atomic E-state index is 0.0106. The van der Waals surface area contributed by atoms with Crippen molar-refractivity contribution >= 4 is 33.0 Å². The Morgan fingerprint density at radius 2 is 1.95 bits per heavy atom. The first-order valence-corrected chi connectivity index (χ1v) is 7.46. The lowest BCUT2D eigenvalue weighted by Gasteiger charge is -2.18. The molecule has 0 N–H and O–H groups in total. The molecular formula is C14H11BrO3S. The van der Waals surface area contributed by atoms with E-state index in [9.17, 15) is 4.79 Å². The lowest BCUT2D eigenvalue weighted by atomic mass is 10.0. The minimum atomic E-state index is 0.0106. The van der Waals surface area contributed by atoms with Crippen molar-refractivity contribution in [1.29, 1.82) is 0 Å². The molecule has 2 aromatic rings. The predicted molar refractivity (Wildman–Crippen MR) is 77.6 cm³/mol. The number of aryl methyl sites for hydroxylation is 1. The van der Waals surface area contributed by atoms with E-state index in [4.69, 9.17) is 9.47 Å². The van der Waals surface area contributed by atoms with Crippen LogP contribution in [-0.2, 0) is 0 Å². The minimum Gasteiger partial charge on any atom is -0.486 e. The quantitative estimate of drug-likeness (QED) is 0.781. The Bertz CT molecular complexity index is 648. The maximum Gasteiger partial charge on any atom is 0.194 e.